The molecule has 0 bridgehead atoms. The highest BCUT2D eigenvalue weighted by Crippen LogP contribution is 2.28. The topological polar surface area (TPSA) is 35.5 Å². The van der Waals surface area contributed by atoms with Crippen LogP contribution >= 0.6 is 0 Å². The van der Waals surface area contributed by atoms with E-state index in [0.717, 1.165) is 21.5 Å². The molecule has 4 rings (SSSR count). The zero-order valence-electron chi connectivity index (χ0n) is 12.7. The number of hydrogen-bond acceptors (Lipinski definition) is 3. The first kappa shape index (κ1) is 14.7. The molecule has 24 heavy (non-hydrogen) atoms. The van der Waals surface area contributed by atoms with Crippen LogP contribution in [-0.4, -0.2) is 4.21 Å². The Balaban J connectivity index is 1.62. The third kappa shape index (κ3) is 2.84. The van der Waals surface area contributed by atoms with Crippen LogP contribution in [0.15, 0.2) is 84.9 Å². The van der Waals surface area contributed by atoms with Crippen LogP contribution in [0, 0.1) is 0 Å². The standard InChI is InChI=1S/C20H14O3S/c21-24(22-19-13-5-9-15-7-1-3-11-17(15)19)23-20-14-6-10-16-8-2-4-12-18(16)20/h1-14H. The molecule has 4 aromatic rings. The van der Waals surface area contributed by atoms with E-state index in [1.807, 2.05) is 72.8 Å². The zero-order chi connectivity index (χ0) is 16.4. The fraction of sp³-hybridized carbons (Fsp3) is 0. The van der Waals surface area contributed by atoms with Crippen molar-refractivity contribution in [2.75, 3.05) is 0 Å². The van der Waals surface area contributed by atoms with Crippen LogP contribution in [0.1, 0.15) is 0 Å². The summed E-state index contributed by atoms with van der Waals surface area (Å²) in [6.07, 6.45) is 0. The third-order valence-corrected chi connectivity index (χ3v) is 4.45. The minimum Gasteiger partial charge on any atom is -0.370 e. The molecular formula is C20H14O3S. The van der Waals surface area contributed by atoms with Crippen molar-refractivity contribution in [3.8, 4) is 11.5 Å². The Hall–Kier alpha value is -2.85. The summed E-state index contributed by atoms with van der Waals surface area (Å²) in [6.45, 7) is 0. The molecule has 118 valence electrons. The second-order valence-electron chi connectivity index (χ2n) is 5.33. The van der Waals surface area contributed by atoms with Crippen LogP contribution < -0.4 is 8.37 Å². The Morgan fingerprint density at radius 2 is 0.958 bits per heavy atom. The maximum atomic E-state index is 12.3. The molecule has 0 aromatic heterocycles. The SMILES string of the molecule is O=S(Oc1cccc2ccccc12)Oc1cccc2ccccc12. The van der Waals surface area contributed by atoms with E-state index in [1.165, 1.54) is 0 Å². The first-order chi connectivity index (χ1) is 11.8. The Morgan fingerprint density at radius 1 is 0.542 bits per heavy atom. The number of fused-ring (bicyclic) bond motifs is 2. The molecule has 0 amide bonds. The summed E-state index contributed by atoms with van der Waals surface area (Å²) in [5.74, 6) is 1.07. The first-order valence-corrected chi connectivity index (χ1v) is 8.55. The van der Waals surface area contributed by atoms with Gasteiger partial charge < -0.3 is 8.37 Å². The second kappa shape index (κ2) is 6.34. The number of rotatable bonds is 4. The molecule has 4 aromatic carbocycles. The lowest BCUT2D eigenvalue weighted by molar-refractivity contribution is 0.466. The molecule has 0 aliphatic carbocycles. The molecule has 0 aliphatic rings. The summed E-state index contributed by atoms with van der Waals surface area (Å²) in [5.41, 5.74) is 0. The van der Waals surface area contributed by atoms with Gasteiger partial charge in [0.25, 0.3) is 0 Å². The number of hydrogen-bond donors (Lipinski definition) is 0. The lowest BCUT2D eigenvalue weighted by Gasteiger charge is -2.10. The predicted molar refractivity (Wildman–Crippen MR) is 97.3 cm³/mol. The predicted octanol–water partition coefficient (Wildman–Crippen LogP) is 5.03. The lowest BCUT2D eigenvalue weighted by Crippen LogP contribution is -2.08. The minimum atomic E-state index is -1.93. The van der Waals surface area contributed by atoms with Gasteiger partial charge in [-0.3, -0.25) is 0 Å². The van der Waals surface area contributed by atoms with Gasteiger partial charge in [0.2, 0.25) is 0 Å². The Labute approximate surface area is 142 Å². The van der Waals surface area contributed by atoms with Gasteiger partial charge in [-0.05, 0) is 22.9 Å². The Kier molecular flexibility index (Phi) is 3.89. The fourth-order valence-electron chi connectivity index (χ4n) is 2.70. The molecule has 0 N–H and O–H groups in total. The number of benzene rings is 4. The van der Waals surface area contributed by atoms with E-state index in [4.69, 9.17) is 8.37 Å². The maximum Gasteiger partial charge on any atom is 0.417 e. The van der Waals surface area contributed by atoms with E-state index < -0.39 is 11.4 Å². The monoisotopic (exact) mass is 334 g/mol. The molecule has 0 heterocycles. The maximum absolute atomic E-state index is 12.3. The van der Waals surface area contributed by atoms with Gasteiger partial charge in [0.15, 0.2) is 11.5 Å². The fourth-order valence-corrected chi connectivity index (χ4v) is 3.32. The molecule has 0 fully saturated rings. The summed E-state index contributed by atoms with van der Waals surface area (Å²) >= 11 is -1.93. The van der Waals surface area contributed by atoms with Gasteiger partial charge in [-0.2, -0.15) is 4.21 Å². The van der Waals surface area contributed by atoms with Gasteiger partial charge in [-0.15, -0.1) is 0 Å². The minimum absolute atomic E-state index is 0.534. The van der Waals surface area contributed by atoms with Gasteiger partial charge >= 0.3 is 11.4 Å². The van der Waals surface area contributed by atoms with E-state index in [0.29, 0.717) is 11.5 Å². The molecule has 0 radical (unpaired) electrons. The quantitative estimate of drug-likeness (QED) is 0.525. The van der Waals surface area contributed by atoms with Crippen LogP contribution in [-0.2, 0) is 11.4 Å². The molecule has 0 unspecified atom stereocenters. The summed E-state index contributed by atoms with van der Waals surface area (Å²) in [6, 6.07) is 26.8. The molecule has 0 atom stereocenters. The van der Waals surface area contributed by atoms with Crippen molar-refractivity contribution in [1.29, 1.82) is 0 Å². The normalized spacial score (nSPS) is 11.0. The van der Waals surface area contributed by atoms with E-state index in [2.05, 4.69) is 0 Å². The summed E-state index contributed by atoms with van der Waals surface area (Å²) in [5, 5.41) is 3.85. The third-order valence-electron chi connectivity index (χ3n) is 3.81. The van der Waals surface area contributed by atoms with Gasteiger partial charge in [0, 0.05) is 10.8 Å². The van der Waals surface area contributed by atoms with Crippen molar-refractivity contribution in [2.24, 2.45) is 0 Å². The average molecular weight is 334 g/mol. The largest absolute Gasteiger partial charge is 0.417 e. The molecule has 0 saturated heterocycles. The van der Waals surface area contributed by atoms with Crippen LogP contribution in [0.5, 0.6) is 11.5 Å². The Bertz CT molecular complexity index is 949. The van der Waals surface area contributed by atoms with Gasteiger partial charge in [-0.1, -0.05) is 72.8 Å². The van der Waals surface area contributed by atoms with Crippen LogP contribution in [0.3, 0.4) is 0 Å². The van der Waals surface area contributed by atoms with Gasteiger partial charge in [-0.25, -0.2) is 0 Å². The molecule has 0 spiro atoms. The highest BCUT2D eigenvalue weighted by atomic mass is 32.2. The van der Waals surface area contributed by atoms with Crippen molar-refractivity contribution in [1.82, 2.24) is 0 Å². The molecule has 4 heteroatoms. The van der Waals surface area contributed by atoms with E-state index in [-0.39, 0.29) is 0 Å². The Morgan fingerprint density at radius 3 is 1.46 bits per heavy atom. The van der Waals surface area contributed by atoms with Crippen LogP contribution in [0.25, 0.3) is 21.5 Å². The van der Waals surface area contributed by atoms with E-state index in [9.17, 15) is 4.21 Å². The van der Waals surface area contributed by atoms with Crippen molar-refractivity contribution in [3.05, 3.63) is 84.9 Å². The lowest BCUT2D eigenvalue weighted by atomic mass is 10.1. The molecule has 0 aliphatic heterocycles. The van der Waals surface area contributed by atoms with E-state index in [1.54, 1.807) is 12.1 Å². The van der Waals surface area contributed by atoms with Crippen LogP contribution in [0.4, 0.5) is 0 Å². The van der Waals surface area contributed by atoms with Crippen molar-refractivity contribution in [3.63, 3.8) is 0 Å². The average Bonchev–Trinajstić information content (AvgIpc) is 2.62. The molecule has 0 saturated carbocycles. The highest BCUT2D eigenvalue weighted by Gasteiger charge is 2.11. The van der Waals surface area contributed by atoms with Crippen LogP contribution in [0.2, 0.25) is 0 Å². The van der Waals surface area contributed by atoms with Gasteiger partial charge in [0.1, 0.15) is 0 Å². The van der Waals surface area contributed by atoms with E-state index >= 15 is 0 Å². The summed E-state index contributed by atoms with van der Waals surface area (Å²) < 4.78 is 23.4. The van der Waals surface area contributed by atoms with Gasteiger partial charge in [0.05, 0.1) is 0 Å². The zero-order valence-corrected chi connectivity index (χ0v) is 13.5. The van der Waals surface area contributed by atoms with Crippen molar-refractivity contribution < 1.29 is 12.6 Å². The molecule has 3 nitrogen and oxygen atoms in total. The smallest absolute Gasteiger partial charge is 0.370 e. The highest BCUT2D eigenvalue weighted by molar-refractivity contribution is 7.76. The second-order valence-corrected chi connectivity index (χ2v) is 6.07. The van der Waals surface area contributed by atoms with Crippen molar-refractivity contribution >= 4 is 32.9 Å². The molecular weight excluding hydrogens is 320 g/mol. The summed E-state index contributed by atoms with van der Waals surface area (Å²) in [4.78, 5) is 0. The van der Waals surface area contributed by atoms with Crippen molar-refractivity contribution in [2.45, 2.75) is 0 Å². The first-order valence-electron chi connectivity index (χ1n) is 7.55. The summed E-state index contributed by atoms with van der Waals surface area (Å²) in [7, 11) is 0.